The Hall–Kier alpha value is -2.35. The predicted molar refractivity (Wildman–Crippen MR) is 88.6 cm³/mol. The van der Waals surface area contributed by atoms with Crippen LogP contribution in [0.25, 0.3) is 0 Å². The van der Waals surface area contributed by atoms with Crippen LogP contribution >= 0.6 is 7.14 Å². The first-order valence-electron chi connectivity index (χ1n) is 7.17. The summed E-state index contributed by atoms with van der Waals surface area (Å²) in [5, 5.41) is 19.6. The van der Waals surface area contributed by atoms with E-state index in [1.807, 2.05) is 60.7 Å². The molecule has 110 valence electrons. The lowest BCUT2D eigenvalue weighted by atomic mass is 10.1. The molecule has 0 fully saturated rings. The highest BCUT2D eigenvalue weighted by atomic mass is 31.2. The molecule has 22 heavy (non-hydrogen) atoms. The van der Waals surface area contributed by atoms with Crippen molar-refractivity contribution >= 4 is 17.8 Å². The Kier molecular flexibility index (Phi) is 5.54. The maximum atomic E-state index is 13.7. The van der Waals surface area contributed by atoms with Crippen molar-refractivity contribution in [1.82, 2.24) is 0 Å². The van der Waals surface area contributed by atoms with Gasteiger partial charge in [-0.25, -0.2) is 0 Å². The number of hydrogen-bond donors (Lipinski definition) is 0. The van der Waals surface area contributed by atoms with Gasteiger partial charge in [-0.05, 0) is 6.42 Å². The van der Waals surface area contributed by atoms with Crippen LogP contribution < -0.4 is 10.6 Å². The number of benzene rings is 2. The van der Waals surface area contributed by atoms with Gasteiger partial charge in [0.1, 0.15) is 7.14 Å². The third kappa shape index (κ3) is 3.64. The summed E-state index contributed by atoms with van der Waals surface area (Å²) in [7, 11) is -2.87. The topological polar surface area (TPSA) is 64.7 Å². The van der Waals surface area contributed by atoms with Gasteiger partial charge < -0.3 is 4.57 Å². The molecule has 1 atom stereocenters. The van der Waals surface area contributed by atoms with Crippen molar-refractivity contribution in [3.05, 3.63) is 60.7 Å². The first kappa shape index (κ1) is 16.0. The zero-order chi connectivity index (χ0) is 15.8. The standard InChI is InChI=1S/C18H17N2OP/c19-13-7-8-16(14-20)15-22(21,17-9-3-1-4-10-17)18-11-5-2-6-12-18/h1-6,9-12,16H,7-8,15H2. The van der Waals surface area contributed by atoms with E-state index in [-0.39, 0.29) is 12.1 Å². The molecule has 0 N–H and O–H groups in total. The van der Waals surface area contributed by atoms with Gasteiger partial charge in [0, 0.05) is 23.2 Å². The van der Waals surface area contributed by atoms with Crippen molar-refractivity contribution < 1.29 is 4.57 Å². The zero-order valence-electron chi connectivity index (χ0n) is 12.2. The molecule has 2 rings (SSSR count). The molecule has 2 aromatic rings. The Labute approximate surface area is 131 Å². The Morgan fingerprint density at radius 3 is 1.82 bits per heavy atom. The Morgan fingerprint density at radius 1 is 0.909 bits per heavy atom. The number of rotatable bonds is 6. The van der Waals surface area contributed by atoms with Crippen LogP contribution in [0, 0.1) is 28.6 Å². The molecule has 0 saturated carbocycles. The molecule has 0 amide bonds. The summed E-state index contributed by atoms with van der Waals surface area (Å²) < 4.78 is 13.7. The molecule has 0 aromatic heterocycles. The van der Waals surface area contributed by atoms with Gasteiger partial charge in [-0.2, -0.15) is 10.5 Å². The molecule has 0 saturated heterocycles. The van der Waals surface area contributed by atoms with Crippen LogP contribution in [0.2, 0.25) is 0 Å². The normalized spacial score (nSPS) is 12.1. The van der Waals surface area contributed by atoms with Crippen molar-refractivity contribution in [3.8, 4) is 12.1 Å². The van der Waals surface area contributed by atoms with E-state index < -0.39 is 7.14 Å². The van der Waals surface area contributed by atoms with Crippen molar-refractivity contribution in [2.45, 2.75) is 12.8 Å². The Morgan fingerprint density at radius 2 is 1.41 bits per heavy atom. The van der Waals surface area contributed by atoms with Gasteiger partial charge in [-0.15, -0.1) is 0 Å². The van der Waals surface area contributed by atoms with Crippen LogP contribution in [0.3, 0.4) is 0 Å². The third-order valence-electron chi connectivity index (χ3n) is 3.61. The average Bonchev–Trinajstić information content (AvgIpc) is 2.60. The molecule has 1 unspecified atom stereocenters. The molecule has 0 spiro atoms. The van der Waals surface area contributed by atoms with Crippen LogP contribution in [0.1, 0.15) is 12.8 Å². The number of nitriles is 2. The van der Waals surface area contributed by atoms with Crippen molar-refractivity contribution in [1.29, 1.82) is 10.5 Å². The van der Waals surface area contributed by atoms with Crippen LogP contribution in [-0.2, 0) is 4.57 Å². The quantitative estimate of drug-likeness (QED) is 0.768. The first-order chi connectivity index (χ1) is 10.7. The van der Waals surface area contributed by atoms with Gasteiger partial charge in [0.15, 0.2) is 0 Å². The van der Waals surface area contributed by atoms with Gasteiger partial charge in [-0.1, -0.05) is 60.7 Å². The average molecular weight is 308 g/mol. The van der Waals surface area contributed by atoms with E-state index in [2.05, 4.69) is 12.1 Å². The Balaban J connectivity index is 2.42. The Bertz CT molecular complexity index is 686. The smallest absolute Gasteiger partial charge is 0.144 e. The van der Waals surface area contributed by atoms with E-state index in [0.717, 1.165) is 10.6 Å². The fourth-order valence-corrected chi connectivity index (χ4v) is 5.36. The van der Waals surface area contributed by atoms with Gasteiger partial charge in [0.05, 0.1) is 18.1 Å². The molecular formula is C18H17N2OP. The summed E-state index contributed by atoms with van der Waals surface area (Å²) in [4.78, 5) is 0. The molecule has 2 aromatic carbocycles. The third-order valence-corrected chi connectivity index (χ3v) is 6.83. The lowest BCUT2D eigenvalue weighted by molar-refractivity contribution is 0.576. The summed E-state index contributed by atoms with van der Waals surface area (Å²) in [6, 6.07) is 22.9. The summed E-state index contributed by atoms with van der Waals surface area (Å²) in [5.41, 5.74) is 0. The summed E-state index contributed by atoms with van der Waals surface area (Å²) >= 11 is 0. The SMILES string of the molecule is N#CCCC(C#N)CP(=O)(c1ccccc1)c1ccccc1. The van der Waals surface area contributed by atoms with Crippen molar-refractivity contribution in [2.24, 2.45) is 5.92 Å². The minimum absolute atomic E-state index is 0.277. The molecule has 0 heterocycles. The van der Waals surface area contributed by atoms with E-state index in [1.165, 1.54) is 0 Å². The first-order valence-corrected chi connectivity index (χ1v) is 9.07. The van der Waals surface area contributed by atoms with E-state index >= 15 is 0 Å². The highest BCUT2D eigenvalue weighted by Gasteiger charge is 2.30. The van der Waals surface area contributed by atoms with E-state index in [0.29, 0.717) is 12.8 Å². The largest absolute Gasteiger partial charge is 0.314 e. The molecule has 4 heteroatoms. The summed E-state index contributed by atoms with van der Waals surface area (Å²) in [6.45, 7) is 0. The zero-order valence-corrected chi connectivity index (χ0v) is 13.1. The van der Waals surface area contributed by atoms with Crippen LogP contribution in [-0.4, -0.2) is 6.16 Å². The van der Waals surface area contributed by atoms with E-state index in [1.54, 1.807) is 0 Å². The van der Waals surface area contributed by atoms with Crippen LogP contribution in [0.15, 0.2) is 60.7 Å². The van der Waals surface area contributed by atoms with Gasteiger partial charge >= 0.3 is 0 Å². The summed E-state index contributed by atoms with van der Waals surface area (Å²) in [5.74, 6) is -0.383. The minimum Gasteiger partial charge on any atom is -0.314 e. The molecule has 0 aliphatic heterocycles. The highest BCUT2D eigenvalue weighted by molar-refractivity contribution is 7.78. The lowest BCUT2D eigenvalue weighted by Crippen LogP contribution is -2.22. The maximum absolute atomic E-state index is 13.7. The number of nitrogens with zero attached hydrogens (tertiary/aromatic N) is 2. The second kappa shape index (κ2) is 7.60. The molecular weight excluding hydrogens is 291 g/mol. The van der Waals surface area contributed by atoms with Gasteiger partial charge in [0.2, 0.25) is 0 Å². The lowest BCUT2D eigenvalue weighted by Gasteiger charge is -2.21. The van der Waals surface area contributed by atoms with Crippen molar-refractivity contribution in [3.63, 3.8) is 0 Å². The van der Waals surface area contributed by atoms with Gasteiger partial charge in [0.25, 0.3) is 0 Å². The van der Waals surface area contributed by atoms with Gasteiger partial charge in [-0.3, -0.25) is 0 Å². The monoisotopic (exact) mass is 308 g/mol. The molecule has 3 nitrogen and oxygen atoms in total. The molecule has 0 bridgehead atoms. The minimum atomic E-state index is -2.87. The van der Waals surface area contributed by atoms with Crippen LogP contribution in [0.4, 0.5) is 0 Å². The molecule has 0 aliphatic carbocycles. The fraction of sp³-hybridized carbons (Fsp3) is 0.222. The summed E-state index contributed by atoms with van der Waals surface area (Å²) in [6.07, 6.45) is 1.04. The van der Waals surface area contributed by atoms with E-state index in [4.69, 9.17) is 5.26 Å². The fourth-order valence-electron chi connectivity index (χ4n) is 2.44. The van der Waals surface area contributed by atoms with Crippen molar-refractivity contribution in [2.75, 3.05) is 6.16 Å². The molecule has 0 aliphatic rings. The second-order valence-corrected chi connectivity index (χ2v) is 7.99. The highest BCUT2D eigenvalue weighted by Crippen LogP contribution is 2.45. The maximum Gasteiger partial charge on any atom is 0.144 e. The van der Waals surface area contributed by atoms with E-state index in [9.17, 15) is 9.83 Å². The molecule has 0 radical (unpaired) electrons. The second-order valence-electron chi connectivity index (χ2n) is 5.12. The van der Waals surface area contributed by atoms with Crippen LogP contribution in [0.5, 0.6) is 0 Å². The number of hydrogen-bond acceptors (Lipinski definition) is 3. The predicted octanol–water partition coefficient (Wildman–Crippen LogP) is 3.44.